The molecule has 0 saturated carbocycles. The Hall–Kier alpha value is -1.69. The van der Waals surface area contributed by atoms with Gasteiger partial charge < -0.3 is 9.64 Å². The molecule has 0 bridgehead atoms. The highest BCUT2D eigenvalue weighted by Crippen LogP contribution is 2.23. The van der Waals surface area contributed by atoms with Crippen molar-refractivity contribution in [2.75, 3.05) is 14.1 Å². The number of thiocarbonyl (C=S) groups is 1. The van der Waals surface area contributed by atoms with Gasteiger partial charge in [-0.1, -0.05) is 30.3 Å². The fourth-order valence-electron chi connectivity index (χ4n) is 1.41. The molecular formula is C12H16N2O3S. The summed E-state index contributed by atoms with van der Waals surface area (Å²) in [5.41, 5.74) is 0.742. The van der Waals surface area contributed by atoms with Crippen molar-refractivity contribution in [2.24, 2.45) is 0 Å². The van der Waals surface area contributed by atoms with E-state index in [1.807, 2.05) is 18.2 Å². The van der Waals surface area contributed by atoms with Crippen LogP contribution in [-0.2, 0) is 4.74 Å². The first-order valence-corrected chi connectivity index (χ1v) is 5.90. The van der Waals surface area contributed by atoms with E-state index in [9.17, 15) is 10.1 Å². The van der Waals surface area contributed by atoms with Crippen LogP contribution in [0.1, 0.15) is 18.6 Å². The second-order valence-electron chi connectivity index (χ2n) is 4.14. The van der Waals surface area contributed by atoms with Gasteiger partial charge in [-0.15, -0.1) is 0 Å². The van der Waals surface area contributed by atoms with Gasteiger partial charge in [0.1, 0.15) is 0 Å². The molecule has 0 radical (unpaired) electrons. The quantitative estimate of drug-likeness (QED) is 0.476. The summed E-state index contributed by atoms with van der Waals surface area (Å²) < 4.78 is 5.54. The van der Waals surface area contributed by atoms with E-state index in [1.165, 1.54) is 6.92 Å². The predicted octanol–water partition coefficient (Wildman–Crippen LogP) is 2.26. The van der Waals surface area contributed by atoms with E-state index in [0.717, 1.165) is 5.56 Å². The molecule has 1 aromatic carbocycles. The molecule has 1 rings (SSSR count). The summed E-state index contributed by atoms with van der Waals surface area (Å²) in [6, 6.07) is 8.20. The summed E-state index contributed by atoms with van der Waals surface area (Å²) >= 11 is 5.04. The molecule has 0 aliphatic heterocycles. The maximum Gasteiger partial charge on any atom is 0.259 e. The molecule has 2 atom stereocenters. The van der Waals surface area contributed by atoms with Crippen molar-refractivity contribution in [1.82, 2.24) is 4.90 Å². The summed E-state index contributed by atoms with van der Waals surface area (Å²) in [6.07, 6.45) is -0.684. The van der Waals surface area contributed by atoms with Crippen LogP contribution in [0, 0.1) is 10.1 Å². The largest absolute Gasteiger partial charge is 0.455 e. The first-order chi connectivity index (χ1) is 8.43. The van der Waals surface area contributed by atoms with Crippen molar-refractivity contribution in [3.63, 3.8) is 0 Å². The van der Waals surface area contributed by atoms with Crippen LogP contribution in [0.5, 0.6) is 0 Å². The lowest BCUT2D eigenvalue weighted by molar-refractivity contribution is -0.530. The third kappa shape index (κ3) is 3.66. The highest BCUT2D eigenvalue weighted by molar-refractivity contribution is 7.80. The van der Waals surface area contributed by atoms with Gasteiger partial charge in [0.25, 0.3) is 11.2 Å². The van der Waals surface area contributed by atoms with Gasteiger partial charge in [-0.05, 0) is 17.8 Å². The molecule has 0 N–H and O–H groups in total. The van der Waals surface area contributed by atoms with Gasteiger partial charge in [-0.2, -0.15) is 0 Å². The fourth-order valence-corrected chi connectivity index (χ4v) is 1.52. The molecule has 0 saturated heterocycles. The SMILES string of the molecule is CC(C(OC(=S)N(C)C)c1ccccc1)[N+](=O)[O-]. The number of hydrogen-bond donors (Lipinski definition) is 0. The Kier molecular flexibility index (Phi) is 5.03. The second kappa shape index (κ2) is 6.30. The molecule has 5 nitrogen and oxygen atoms in total. The Morgan fingerprint density at radius 1 is 1.39 bits per heavy atom. The Morgan fingerprint density at radius 3 is 2.39 bits per heavy atom. The van der Waals surface area contributed by atoms with Crippen molar-refractivity contribution in [2.45, 2.75) is 19.1 Å². The number of ether oxygens (including phenoxy) is 1. The Bertz CT molecular complexity index is 423. The molecule has 6 heteroatoms. The van der Waals surface area contributed by atoms with Crippen molar-refractivity contribution in [3.05, 3.63) is 46.0 Å². The van der Waals surface area contributed by atoms with E-state index >= 15 is 0 Å². The molecule has 2 unspecified atom stereocenters. The van der Waals surface area contributed by atoms with Gasteiger partial charge in [0.15, 0.2) is 6.10 Å². The summed E-state index contributed by atoms with van der Waals surface area (Å²) in [5.74, 6) is 0. The molecule has 0 amide bonds. The van der Waals surface area contributed by atoms with E-state index in [-0.39, 0.29) is 10.1 Å². The zero-order valence-corrected chi connectivity index (χ0v) is 11.4. The first kappa shape index (κ1) is 14.4. The van der Waals surface area contributed by atoms with Gasteiger partial charge in [0.05, 0.1) is 0 Å². The average Bonchev–Trinajstić information content (AvgIpc) is 2.35. The van der Waals surface area contributed by atoms with Crippen LogP contribution >= 0.6 is 12.2 Å². The lowest BCUT2D eigenvalue weighted by Gasteiger charge is -2.23. The molecule has 0 fully saturated rings. The second-order valence-corrected chi connectivity index (χ2v) is 4.48. The van der Waals surface area contributed by atoms with E-state index in [0.29, 0.717) is 0 Å². The molecule has 0 aliphatic carbocycles. The van der Waals surface area contributed by atoms with E-state index in [2.05, 4.69) is 0 Å². The minimum atomic E-state index is -0.870. The van der Waals surface area contributed by atoms with Gasteiger partial charge in [-0.25, -0.2) is 0 Å². The van der Waals surface area contributed by atoms with Gasteiger partial charge in [0, 0.05) is 25.9 Å². The molecule has 0 spiro atoms. The average molecular weight is 268 g/mol. The van der Waals surface area contributed by atoms with Crippen LogP contribution in [0.3, 0.4) is 0 Å². The van der Waals surface area contributed by atoms with E-state index in [4.69, 9.17) is 17.0 Å². The van der Waals surface area contributed by atoms with Crippen LogP contribution in [0.25, 0.3) is 0 Å². The highest BCUT2D eigenvalue weighted by Gasteiger charge is 2.31. The lowest BCUT2D eigenvalue weighted by Crippen LogP contribution is -2.32. The number of hydrogen-bond acceptors (Lipinski definition) is 4. The zero-order chi connectivity index (χ0) is 13.7. The van der Waals surface area contributed by atoms with E-state index < -0.39 is 12.1 Å². The van der Waals surface area contributed by atoms with Crippen LogP contribution < -0.4 is 0 Å². The third-order valence-corrected chi connectivity index (χ3v) is 2.95. The number of benzene rings is 1. The molecule has 18 heavy (non-hydrogen) atoms. The summed E-state index contributed by atoms with van der Waals surface area (Å²) in [6.45, 7) is 1.51. The Labute approximate surface area is 112 Å². The standard InChI is InChI=1S/C12H16N2O3S/c1-9(14(15)16)11(17-12(18)13(2)3)10-7-5-4-6-8-10/h4-9,11H,1-3H3. The molecule has 0 aromatic heterocycles. The third-order valence-electron chi connectivity index (χ3n) is 2.49. The number of nitro groups is 1. The smallest absolute Gasteiger partial charge is 0.259 e. The minimum Gasteiger partial charge on any atom is -0.455 e. The summed E-state index contributed by atoms with van der Waals surface area (Å²) in [4.78, 5) is 12.2. The molecule has 0 aliphatic rings. The maximum absolute atomic E-state index is 10.9. The van der Waals surface area contributed by atoms with Crippen LogP contribution in [0.2, 0.25) is 0 Å². The predicted molar refractivity (Wildman–Crippen MR) is 73.0 cm³/mol. The Balaban J connectivity index is 2.96. The van der Waals surface area contributed by atoms with E-state index in [1.54, 1.807) is 31.1 Å². The summed E-state index contributed by atoms with van der Waals surface area (Å²) in [7, 11) is 3.47. The normalized spacial score (nSPS) is 13.5. The topological polar surface area (TPSA) is 55.6 Å². The van der Waals surface area contributed by atoms with Crippen LogP contribution in [-0.4, -0.2) is 35.1 Å². The zero-order valence-electron chi connectivity index (χ0n) is 10.6. The lowest BCUT2D eigenvalue weighted by atomic mass is 10.0. The Morgan fingerprint density at radius 2 is 1.94 bits per heavy atom. The van der Waals surface area contributed by atoms with Gasteiger partial charge >= 0.3 is 0 Å². The number of rotatable bonds is 4. The van der Waals surface area contributed by atoms with Gasteiger partial charge in [-0.3, -0.25) is 10.1 Å². The number of nitrogens with zero attached hydrogens (tertiary/aromatic N) is 2. The van der Waals surface area contributed by atoms with Gasteiger partial charge in [0.2, 0.25) is 0 Å². The van der Waals surface area contributed by atoms with Crippen molar-refractivity contribution in [1.29, 1.82) is 0 Å². The summed E-state index contributed by atoms with van der Waals surface area (Å²) in [5, 5.41) is 11.2. The van der Waals surface area contributed by atoms with Crippen LogP contribution in [0.4, 0.5) is 0 Å². The van der Waals surface area contributed by atoms with Crippen LogP contribution in [0.15, 0.2) is 30.3 Å². The van der Waals surface area contributed by atoms with Crippen molar-refractivity contribution < 1.29 is 9.66 Å². The maximum atomic E-state index is 10.9. The first-order valence-electron chi connectivity index (χ1n) is 5.50. The van der Waals surface area contributed by atoms with Crippen molar-refractivity contribution >= 4 is 17.4 Å². The molecule has 0 heterocycles. The fraction of sp³-hybridized carbons (Fsp3) is 0.417. The molecular weight excluding hydrogens is 252 g/mol. The highest BCUT2D eigenvalue weighted by atomic mass is 32.1. The minimum absolute atomic E-state index is 0.234. The molecule has 98 valence electrons. The molecule has 1 aromatic rings. The monoisotopic (exact) mass is 268 g/mol. The van der Waals surface area contributed by atoms with Crippen molar-refractivity contribution in [3.8, 4) is 0 Å².